The monoisotopic (exact) mass is 328 g/mol. The normalized spacial score (nSPS) is 14.2. The Kier molecular flexibility index (Phi) is 4.38. The third-order valence-corrected chi connectivity index (χ3v) is 4.47. The summed E-state index contributed by atoms with van der Waals surface area (Å²) in [5.41, 5.74) is 4.61. The molecule has 0 fully saturated rings. The average molecular weight is 328 g/mol. The van der Waals surface area contributed by atoms with Crippen molar-refractivity contribution in [3.8, 4) is 0 Å². The van der Waals surface area contributed by atoms with E-state index in [1.807, 2.05) is 36.6 Å². The van der Waals surface area contributed by atoms with Gasteiger partial charge in [-0.2, -0.15) is 0 Å². The van der Waals surface area contributed by atoms with E-state index in [9.17, 15) is 9.59 Å². The fourth-order valence-corrected chi connectivity index (χ4v) is 3.00. The van der Waals surface area contributed by atoms with Gasteiger partial charge < -0.3 is 5.32 Å². The maximum Gasteiger partial charge on any atom is 0.288 e. The molecule has 23 heavy (non-hydrogen) atoms. The van der Waals surface area contributed by atoms with Crippen molar-refractivity contribution >= 4 is 34.7 Å². The number of aryl methyl sites for hydroxylation is 1. The SMILES string of the molecule is Cc1ccsc1CNC(=O)C1=NCC(=O)N(c2ccccc2)N1. The van der Waals surface area contributed by atoms with Gasteiger partial charge in [-0.1, -0.05) is 18.2 Å². The Hall–Kier alpha value is -2.67. The smallest absolute Gasteiger partial charge is 0.288 e. The second-order valence-corrected chi connectivity index (χ2v) is 6.05. The van der Waals surface area contributed by atoms with Gasteiger partial charge in [0.2, 0.25) is 5.84 Å². The highest BCUT2D eigenvalue weighted by atomic mass is 32.1. The molecule has 2 N–H and O–H groups in total. The van der Waals surface area contributed by atoms with E-state index in [4.69, 9.17) is 0 Å². The first kappa shape index (κ1) is 15.2. The van der Waals surface area contributed by atoms with Crippen LogP contribution >= 0.6 is 11.3 Å². The Morgan fingerprint density at radius 1 is 1.35 bits per heavy atom. The van der Waals surface area contributed by atoms with E-state index < -0.39 is 0 Å². The minimum absolute atomic E-state index is 0.0529. The maximum atomic E-state index is 12.3. The molecule has 0 bridgehead atoms. The third-order valence-electron chi connectivity index (χ3n) is 3.45. The van der Waals surface area contributed by atoms with Gasteiger partial charge >= 0.3 is 0 Å². The first-order valence-electron chi connectivity index (χ1n) is 7.15. The van der Waals surface area contributed by atoms with Gasteiger partial charge in [0.05, 0.1) is 12.2 Å². The standard InChI is InChI=1S/C16H16N4O2S/c1-11-7-8-23-13(11)9-18-16(22)15-17-10-14(21)20(19-15)12-5-3-2-4-6-12/h2-8H,9-10H2,1H3,(H,17,19)(H,18,22). The fourth-order valence-electron chi connectivity index (χ4n) is 2.16. The molecule has 0 saturated heterocycles. The van der Waals surface area contributed by atoms with Gasteiger partial charge in [-0.25, -0.2) is 5.01 Å². The van der Waals surface area contributed by atoms with Crippen LogP contribution in [-0.2, 0) is 16.1 Å². The van der Waals surface area contributed by atoms with Crippen molar-refractivity contribution < 1.29 is 9.59 Å². The van der Waals surface area contributed by atoms with Crippen LogP contribution in [0.4, 0.5) is 5.69 Å². The molecule has 2 aromatic rings. The highest BCUT2D eigenvalue weighted by molar-refractivity contribution is 7.10. The number of hydrogen-bond acceptors (Lipinski definition) is 5. The second kappa shape index (κ2) is 6.62. The minimum Gasteiger partial charge on any atom is -0.344 e. The summed E-state index contributed by atoms with van der Waals surface area (Å²) in [5, 5.41) is 6.16. The zero-order valence-electron chi connectivity index (χ0n) is 12.6. The van der Waals surface area contributed by atoms with Crippen molar-refractivity contribution in [2.75, 3.05) is 11.6 Å². The quantitative estimate of drug-likeness (QED) is 0.896. The highest BCUT2D eigenvalue weighted by Gasteiger charge is 2.25. The Morgan fingerprint density at radius 3 is 2.83 bits per heavy atom. The van der Waals surface area contributed by atoms with Crippen LogP contribution in [0.25, 0.3) is 0 Å². The lowest BCUT2D eigenvalue weighted by Gasteiger charge is -2.27. The molecular formula is C16H16N4O2S. The number of nitrogens with one attached hydrogen (secondary N) is 2. The maximum absolute atomic E-state index is 12.3. The molecule has 1 aromatic heterocycles. The first-order valence-corrected chi connectivity index (χ1v) is 8.03. The first-order chi connectivity index (χ1) is 11.1. The molecule has 1 aromatic carbocycles. The number of amides is 2. The van der Waals surface area contributed by atoms with Gasteiger partial charge in [0, 0.05) is 4.88 Å². The molecule has 3 rings (SSSR count). The molecule has 6 nitrogen and oxygen atoms in total. The summed E-state index contributed by atoms with van der Waals surface area (Å²) in [6, 6.07) is 11.1. The van der Waals surface area contributed by atoms with Crippen molar-refractivity contribution in [2.24, 2.45) is 4.99 Å². The molecule has 1 aliphatic heterocycles. The molecule has 0 aliphatic carbocycles. The molecule has 2 amide bonds. The molecule has 118 valence electrons. The summed E-state index contributed by atoms with van der Waals surface area (Å²) >= 11 is 1.60. The number of carbonyl (C=O) groups is 2. The van der Waals surface area contributed by atoms with E-state index in [1.165, 1.54) is 5.01 Å². The Balaban J connectivity index is 1.67. The van der Waals surface area contributed by atoms with Crippen molar-refractivity contribution in [3.63, 3.8) is 0 Å². The Labute approximate surface area is 137 Å². The summed E-state index contributed by atoms with van der Waals surface area (Å²) in [5.74, 6) is -0.393. The van der Waals surface area contributed by atoms with Crippen LogP contribution in [0.3, 0.4) is 0 Å². The van der Waals surface area contributed by atoms with Crippen LogP contribution in [-0.4, -0.2) is 24.2 Å². The topological polar surface area (TPSA) is 73.8 Å². The summed E-state index contributed by atoms with van der Waals surface area (Å²) in [7, 11) is 0. The predicted molar refractivity (Wildman–Crippen MR) is 90.3 cm³/mol. The van der Waals surface area contributed by atoms with E-state index in [-0.39, 0.29) is 24.2 Å². The van der Waals surface area contributed by atoms with Crippen LogP contribution in [0.15, 0.2) is 46.8 Å². The van der Waals surface area contributed by atoms with E-state index >= 15 is 0 Å². The van der Waals surface area contributed by atoms with Crippen molar-refractivity contribution in [3.05, 3.63) is 52.2 Å². The third kappa shape index (κ3) is 3.40. The lowest BCUT2D eigenvalue weighted by Crippen LogP contribution is -2.55. The number of thiophene rings is 1. The summed E-state index contributed by atoms with van der Waals surface area (Å²) in [6.07, 6.45) is 0. The van der Waals surface area contributed by atoms with Crippen LogP contribution in [0.2, 0.25) is 0 Å². The lowest BCUT2D eigenvalue weighted by molar-refractivity contribution is -0.118. The van der Waals surface area contributed by atoms with Gasteiger partial charge in [0.15, 0.2) is 0 Å². The largest absolute Gasteiger partial charge is 0.344 e. The van der Waals surface area contributed by atoms with Gasteiger partial charge in [0.25, 0.3) is 11.8 Å². The fraction of sp³-hybridized carbons (Fsp3) is 0.188. The Bertz CT molecular complexity index is 754. The van der Waals surface area contributed by atoms with Gasteiger partial charge in [0.1, 0.15) is 6.54 Å². The molecule has 0 saturated carbocycles. The number of aliphatic imine (C=N–C) groups is 1. The lowest BCUT2D eigenvalue weighted by atomic mass is 10.3. The number of amidine groups is 1. The number of anilines is 1. The van der Waals surface area contributed by atoms with Crippen molar-refractivity contribution in [1.82, 2.24) is 10.7 Å². The summed E-state index contributed by atoms with van der Waals surface area (Å²) in [4.78, 5) is 29.3. The zero-order chi connectivity index (χ0) is 16.2. The molecule has 0 spiro atoms. The van der Waals surface area contributed by atoms with E-state index in [0.717, 1.165) is 10.4 Å². The van der Waals surface area contributed by atoms with E-state index in [2.05, 4.69) is 15.7 Å². The van der Waals surface area contributed by atoms with Crippen LogP contribution in [0, 0.1) is 6.92 Å². The van der Waals surface area contributed by atoms with Gasteiger partial charge in [-0.05, 0) is 36.1 Å². The highest BCUT2D eigenvalue weighted by Crippen LogP contribution is 2.15. The van der Waals surface area contributed by atoms with Crippen LogP contribution in [0.5, 0.6) is 0 Å². The summed E-state index contributed by atoms with van der Waals surface area (Å²) < 4.78 is 0. The number of benzene rings is 1. The number of nitrogens with zero attached hydrogens (tertiary/aromatic N) is 2. The number of rotatable bonds is 4. The Morgan fingerprint density at radius 2 is 2.13 bits per heavy atom. The minimum atomic E-state index is -0.328. The molecule has 7 heteroatoms. The van der Waals surface area contributed by atoms with Crippen LogP contribution in [0.1, 0.15) is 10.4 Å². The number of para-hydroxylation sites is 1. The molecule has 0 unspecified atom stereocenters. The van der Waals surface area contributed by atoms with E-state index in [0.29, 0.717) is 12.2 Å². The summed E-state index contributed by atoms with van der Waals surface area (Å²) in [6.45, 7) is 2.40. The van der Waals surface area contributed by atoms with Crippen molar-refractivity contribution in [1.29, 1.82) is 0 Å². The van der Waals surface area contributed by atoms with Crippen LogP contribution < -0.4 is 15.8 Å². The molecule has 1 aliphatic rings. The van der Waals surface area contributed by atoms with Crippen molar-refractivity contribution in [2.45, 2.75) is 13.5 Å². The van der Waals surface area contributed by atoms with Gasteiger partial charge in [-0.3, -0.25) is 20.0 Å². The molecule has 0 radical (unpaired) electrons. The number of hydrazine groups is 1. The molecular weight excluding hydrogens is 312 g/mol. The number of carbonyl (C=O) groups excluding carboxylic acids is 2. The predicted octanol–water partition coefficient (Wildman–Crippen LogP) is 1.62. The van der Waals surface area contributed by atoms with Gasteiger partial charge in [-0.15, -0.1) is 11.3 Å². The zero-order valence-corrected chi connectivity index (χ0v) is 13.4. The average Bonchev–Trinajstić information content (AvgIpc) is 2.99. The molecule has 0 atom stereocenters. The second-order valence-electron chi connectivity index (χ2n) is 5.05. The number of hydrogen-bond donors (Lipinski definition) is 2. The molecule has 2 heterocycles. The van der Waals surface area contributed by atoms with E-state index in [1.54, 1.807) is 23.5 Å².